The fourth-order valence-corrected chi connectivity index (χ4v) is 1.85. The van der Waals surface area contributed by atoms with Gasteiger partial charge in [0, 0.05) is 18.2 Å². The molecule has 2 aromatic rings. The molecule has 0 bridgehead atoms. The van der Waals surface area contributed by atoms with E-state index >= 15 is 0 Å². The largest absolute Gasteiger partial charge is 0.326 e. The number of hydrogen-bond donors (Lipinski definition) is 1. The normalized spacial score (nSPS) is 10.2. The number of nitrogens with zero attached hydrogens (tertiary/aromatic N) is 2. The van der Waals surface area contributed by atoms with E-state index in [0.717, 1.165) is 22.5 Å². The highest BCUT2D eigenvalue weighted by Gasteiger charge is 2.05. The molecule has 0 radical (unpaired) electrons. The molecule has 92 valence electrons. The molecule has 4 nitrogen and oxygen atoms in total. The monoisotopic (exact) mass is 261 g/mol. The van der Waals surface area contributed by atoms with Gasteiger partial charge < -0.3 is 5.32 Å². The maximum Gasteiger partial charge on any atom is 0.221 e. The van der Waals surface area contributed by atoms with Crippen molar-refractivity contribution in [3.63, 3.8) is 0 Å². The molecule has 1 amide bonds. The molecule has 1 N–H and O–H groups in total. The van der Waals surface area contributed by atoms with Gasteiger partial charge >= 0.3 is 0 Å². The van der Waals surface area contributed by atoms with Crippen LogP contribution in [0.1, 0.15) is 12.5 Å². The molecule has 0 fully saturated rings. The van der Waals surface area contributed by atoms with Gasteiger partial charge in [0.2, 0.25) is 5.91 Å². The zero-order valence-electron chi connectivity index (χ0n) is 10.1. The van der Waals surface area contributed by atoms with Crippen molar-refractivity contribution < 1.29 is 4.79 Å². The summed E-state index contributed by atoms with van der Waals surface area (Å²) in [4.78, 5) is 10.9. The molecule has 1 aromatic heterocycles. The van der Waals surface area contributed by atoms with Crippen LogP contribution in [0.3, 0.4) is 0 Å². The second-order valence-electron chi connectivity index (χ2n) is 3.96. The summed E-state index contributed by atoms with van der Waals surface area (Å²) in [7, 11) is 0. The fraction of sp³-hybridized carbons (Fsp3) is 0.154. The van der Waals surface area contributed by atoms with Gasteiger partial charge in [-0.1, -0.05) is 23.7 Å². The van der Waals surface area contributed by atoms with E-state index in [1.165, 1.54) is 6.92 Å². The first-order valence-electron chi connectivity index (χ1n) is 5.44. The predicted octanol–water partition coefficient (Wildman–Crippen LogP) is 3.06. The van der Waals surface area contributed by atoms with Crippen LogP contribution in [-0.2, 0) is 4.79 Å². The molecule has 1 heterocycles. The minimum atomic E-state index is -0.0924. The molecule has 0 atom stereocenters. The van der Waals surface area contributed by atoms with Crippen molar-refractivity contribution in [1.82, 2.24) is 10.2 Å². The van der Waals surface area contributed by atoms with Crippen molar-refractivity contribution in [2.45, 2.75) is 13.8 Å². The highest BCUT2D eigenvalue weighted by Crippen LogP contribution is 2.23. The Kier molecular flexibility index (Phi) is 3.58. The van der Waals surface area contributed by atoms with Gasteiger partial charge in [0.1, 0.15) is 0 Å². The molecule has 1 aromatic carbocycles. The van der Waals surface area contributed by atoms with Crippen LogP contribution in [-0.4, -0.2) is 16.1 Å². The van der Waals surface area contributed by atoms with E-state index in [1.807, 2.05) is 31.2 Å². The zero-order valence-corrected chi connectivity index (χ0v) is 10.8. The number of nitrogens with one attached hydrogen (secondary N) is 1. The van der Waals surface area contributed by atoms with E-state index in [9.17, 15) is 4.79 Å². The van der Waals surface area contributed by atoms with Gasteiger partial charge in [-0.15, -0.1) is 10.2 Å². The summed E-state index contributed by atoms with van der Waals surface area (Å²) in [5.74, 6) is -0.0924. The second kappa shape index (κ2) is 5.14. The van der Waals surface area contributed by atoms with E-state index < -0.39 is 0 Å². The minimum absolute atomic E-state index is 0.0924. The minimum Gasteiger partial charge on any atom is -0.326 e. The second-order valence-corrected chi connectivity index (χ2v) is 4.34. The molecule has 5 heteroatoms. The molecule has 18 heavy (non-hydrogen) atoms. The van der Waals surface area contributed by atoms with Crippen LogP contribution in [0.5, 0.6) is 0 Å². The SMILES string of the molecule is CC(=O)Nc1ccc(-c2nnc(Cl)cc2C)cc1. The average molecular weight is 262 g/mol. The first kappa shape index (κ1) is 12.5. The molecular formula is C13H12ClN3O. The highest BCUT2D eigenvalue weighted by atomic mass is 35.5. The van der Waals surface area contributed by atoms with Crippen LogP contribution in [0.15, 0.2) is 30.3 Å². The first-order chi connectivity index (χ1) is 8.56. The van der Waals surface area contributed by atoms with Gasteiger partial charge in [-0.05, 0) is 30.7 Å². The number of hydrogen-bond acceptors (Lipinski definition) is 3. The van der Waals surface area contributed by atoms with Crippen LogP contribution in [0.2, 0.25) is 5.15 Å². The summed E-state index contributed by atoms with van der Waals surface area (Å²) in [5, 5.41) is 11.0. The molecule has 0 saturated heterocycles. The lowest BCUT2D eigenvalue weighted by atomic mass is 10.1. The topological polar surface area (TPSA) is 54.9 Å². The number of halogens is 1. The lowest BCUT2D eigenvalue weighted by Gasteiger charge is -2.06. The van der Waals surface area contributed by atoms with E-state index in [4.69, 9.17) is 11.6 Å². The Labute approximate surface area is 110 Å². The third kappa shape index (κ3) is 2.84. The van der Waals surface area contributed by atoms with Gasteiger partial charge in [0.05, 0.1) is 5.69 Å². The quantitative estimate of drug-likeness (QED) is 0.904. The number of carbonyl (C=O) groups excluding carboxylic acids is 1. The Morgan fingerprint density at radius 3 is 2.44 bits per heavy atom. The summed E-state index contributed by atoms with van der Waals surface area (Å²) in [6.07, 6.45) is 0. The Hall–Kier alpha value is -1.94. The Morgan fingerprint density at radius 1 is 1.22 bits per heavy atom. The predicted molar refractivity (Wildman–Crippen MR) is 71.5 cm³/mol. The maximum atomic E-state index is 10.9. The molecule has 2 rings (SSSR count). The van der Waals surface area contributed by atoms with E-state index in [-0.39, 0.29) is 5.91 Å². The molecule has 0 saturated carbocycles. The number of aryl methyl sites for hydroxylation is 1. The van der Waals surface area contributed by atoms with E-state index in [1.54, 1.807) is 6.07 Å². The summed E-state index contributed by atoms with van der Waals surface area (Å²) >= 11 is 5.77. The Morgan fingerprint density at radius 2 is 1.89 bits per heavy atom. The molecule has 0 spiro atoms. The maximum absolute atomic E-state index is 10.9. The summed E-state index contributed by atoms with van der Waals surface area (Å²) in [6.45, 7) is 3.40. The number of amides is 1. The Bertz CT molecular complexity index is 581. The molecular weight excluding hydrogens is 250 g/mol. The van der Waals surface area contributed by atoms with Crippen molar-refractivity contribution in [3.05, 3.63) is 41.0 Å². The average Bonchev–Trinajstić information content (AvgIpc) is 2.30. The van der Waals surface area contributed by atoms with Crippen LogP contribution < -0.4 is 5.32 Å². The van der Waals surface area contributed by atoms with Crippen molar-refractivity contribution in [2.24, 2.45) is 0 Å². The van der Waals surface area contributed by atoms with Gasteiger partial charge in [-0.25, -0.2) is 0 Å². The van der Waals surface area contributed by atoms with Gasteiger partial charge in [0.15, 0.2) is 5.15 Å². The van der Waals surface area contributed by atoms with Crippen LogP contribution in [0.4, 0.5) is 5.69 Å². The number of benzene rings is 1. The number of rotatable bonds is 2. The third-order valence-electron chi connectivity index (χ3n) is 2.43. The van der Waals surface area contributed by atoms with Crippen molar-refractivity contribution in [3.8, 4) is 11.3 Å². The third-order valence-corrected chi connectivity index (χ3v) is 2.62. The number of anilines is 1. The first-order valence-corrected chi connectivity index (χ1v) is 5.82. The van der Waals surface area contributed by atoms with Gasteiger partial charge in [-0.3, -0.25) is 4.79 Å². The number of carbonyl (C=O) groups is 1. The van der Waals surface area contributed by atoms with E-state index in [2.05, 4.69) is 15.5 Å². The molecule has 0 unspecified atom stereocenters. The van der Waals surface area contributed by atoms with Crippen molar-refractivity contribution in [2.75, 3.05) is 5.32 Å². The standard InChI is InChI=1S/C13H12ClN3O/c1-8-7-12(14)16-17-13(8)10-3-5-11(6-4-10)15-9(2)18/h3-7H,1-2H3,(H,15,18). The summed E-state index contributed by atoms with van der Waals surface area (Å²) in [6, 6.07) is 9.19. The molecule has 0 aliphatic carbocycles. The van der Waals surface area contributed by atoms with Gasteiger partial charge in [0.25, 0.3) is 0 Å². The lowest BCUT2D eigenvalue weighted by molar-refractivity contribution is -0.114. The van der Waals surface area contributed by atoms with Gasteiger partial charge in [-0.2, -0.15) is 0 Å². The van der Waals surface area contributed by atoms with E-state index in [0.29, 0.717) is 5.15 Å². The van der Waals surface area contributed by atoms with Crippen LogP contribution >= 0.6 is 11.6 Å². The lowest BCUT2D eigenvalue weighted by Crippen LogP contribution is -2.05. The summed E-state index contributed by atoms with van der Waals surface area (Å²) in [5.41, 5.74) is 3.44. The molecule has 0 aliphatic heterocycles. The number of aromatic nitrogens is 2. The smallest absolute Gasteiger partial charge is 0.221 e. The fourth-order valence-electron chi connectivity index (χ4n) is 1.65. The molecule has 0 aliphatic rings. The summed E-state index contributed by atoms with van der Waals surface area (Å²) < 4.78 is 0. The van der Waals surface area contributed by atoms with Crippen molar-refractivity contribution >= 4 is 23.2 Å². The van der Waals surface area contributed by atoms with Crippen LogP contribution in [0.25, 0.3) is 11.3 Å². The Balaban J connectivity index is 2.31. The zero-order chi connectivity index (χ0) is 13.1. The van der Waals surface area contributed by atoms with Crippen molar-refractivity contribution in [1.29, 1.82) is 0 Å². The van der Waals surface area contributed by atoms with Crippen LogP contribution in [0, 0.1) is 6.92 Å². The highest BCUT2D eigenvalue weighted by molar-refractivity contribution is 6.29.